The fourth-order valence-corrected chi connectivity index (χ4v) is 2.48. The van der Waals surface area contributed by atoms with Crippen LogP contribution in [0.15, 0.2) is 52.1 Å². The van der Waals surface area contributed by atoms with Gasteiger partial charge in [0.1, 0.15) is 0 Å². The summed E-state index contributed by atoms with van der Waals surface area (Å²) < 4.78 is 0. The maximum absolute atomic E-state index is 12.1. The monoisotopic (exact) mass is 329 g/mol. The summed E-state index contributed by atoms with van der Waals surface area (Å²) >= 11 is 6.02. The summed E-state index contributed by atoms with van der Waals surface area (Å²) in [7, 11) is 0. The molecule has 0 aliphatic rings. The van der Waals surface area contributed by atoms with Crippen molar-refractivity contribution in [2.24, 2.45) is 0 Å². The first-order valence-corrected chi connectivity index (χ1v) is 7.20. The number of hydrogen-bond acceptors (Lipinski definition) is 3. The highest BCUT2D eigenvalue weighted by Crippen LogP contribution is 2.17. The van der Waals surface area contributed by atoms with Crippen LogP contribution < -0.4 is 16.4 Å². The normalized spacial score (nSPS) is 10.7. The SMILES string of the molecule is O=C(Cc1ccccc1Cl)Nc1ccc2c(=O)[nH][nH]c(=O)c2c1. The largest absolute Gasteiger partial charge is 0.326 e. The van der Waals surface area contributed by atoms with Crippen LogP contribution in [0.5, 0.6) is 0 Å². The molecule has 0 saturated heterocycles. The number of aromatic nitrogens is 2. The Morgan fingerprint density at radius 2 is 1.70 bits per heavy atom. The van der Waals surface area contributed by atoms with Crippen LogP contribution in [0.3, 0.4) is 0 Å². The number of rotatable bonds is 3. The Labute approximate surface area is 135 Å². The van der Waals surface area contributed by atoms with Gasteiger partial charge in [0, 0.05) is 10.7 Å². The summed E-state index contributed by atoms with van der Waals surface area (Å²) in [5, 5.41) is 8.18. The van der Waals surface area contributed by atoms with Gasteiger partial charge in [0.2, 0.25) is 5.91 Å². The maximum atomic E-state index is 12.1. The zero-order valence-electron chi connectivity index (χ0n) is 11.9. The summed E-state index contributed by atoms with van der Waals surface area (Å²) in [4.78, 5) is 35.5. The third-order valence-corrected chi connectivity index (χ3v) is 3.76. The molecule has 3 rings (SSSR count). The van der Waals surface area contributed by atoms with Gasteiger partial charge in [0.25, 0.3) is 11.1 Å². The molecule has 0 aliphatic carbocycles. The average molecular weight is 330 g/mol. The smallest absolute Gasteiger partial charge is 0.270 e. The Morgan fingerprint density at radius 1 is 1.00 bits per heavy atom. The molecule has 6 nitrogen and oxygen atoms in total. The van der Waals surface area contributed by atoms with Gasteiger partial charge >= 0.3 is 0 Å². The van der Waals surface area contributed by atoms with Crippen LogP contribution >= 0.6 is 11.6 Å². The van der Waals surface area contributed by atoms with Gasteiger partial charge in [0.15, 0.2) is 0 Å². The first kappa shape index (κ1) is 15.1. The molecule has 116 valence electrons. The van der Waals surface area contributed by atoms with Gasteiger partial charge < -0.3 is 5.32 Å². The van der Waals surface area contributed by atoms with Crippen molar-refractivity contribution in [3.05, 3.63) is 73.8 Å². The molecule has 0 bridgehead atoms. The number of H-pyrrole nitrogens is 2. The molecule has 3 N–H and O–H groups in total. The number of fused-ring (bicyclic) bond motifs is 1. The predicted octanol–water partition coefficient (Wildman–Crippen LogP) is 2.05. The second-order valence-electron chi connectivity index (χ2n) is 4.98. The fourth-order valence-electron chi connectivity index (χ4n) is 2.28. The lowest BCUT2D eigenvalue weighted by Crippen LogP contribution is -2.19. The van der Waals surface area contributed by atoms with Crippen LogP contribution in [0, 0.1) is 0 Å². The second kappa shape index (κ2) is 6.10. The topological polar surface area (TPSA) is 94.8 Å². The van der Waals surface area contributed by atoms with E-state index in [-0.39, 0.29) is 23.1 Å². The van der Waals surface area contributed by atoms with Crippen LogP contribution in [0.25, 0.3) is 10.8 Å². The molecule has 1 aromatic heterocycles. The van der Waals surface area contributed by atoms with Crippen LogP contribution in [0.4, 0.5) is 5.69 Å². The molecule has 0 aliphatic heterocycles. The summed E-state index contributed by atoms with van der Waals surface area (Å²) in [5.41, 5.74) is 0.322. The Bertz CT molecular complexity index is 1010. The molecule has 7 heteroatoms. The molecule has 0 radical (unpaired) electrons. The van der Waals surface area contributed by atoms with E-state index in [9.17, 15) is 14.4 Å². The van der Waals surface area contributed by atoms with Gasteiger partial charge in [0.05, 0.1) is 17.2 Å². The number of amides is 1. The van der Waals surface area contributed by atoms with Gasteiger partial charge in [-0.05, 0) is 29.8 Å². The maximum Gasteiger partial charge on any atom is 0.270 e. The molecular formula is C16H12ClN3O3. The zero-order chi connectivity index (χ0) is 16.4. The van der Waals surface area contributed by atoms with E-state index < -0.39 is 11.1 Å². The minimum absolute atomic E-state index is 0.115. The van der Waals surface area contributed by atoms with Crippen LogP contribution in [0.1, 0.15) is 5.56 Å². The fraction of sp³-hybridized carbons (Fsp3) is 0.0625. The number of anilines is 1. The Balaban J connectivity index is 1.86. The summed E-state index contributed by atoms with van der Waals surface area (Å²) in [6, 6.07) is 11.6. The van der Waals surface area contributed by atoms with E-state index in [1.54, 1.807) is 30.3 Å². The molecule has 0 saturated carbocycles. The summed E-state index contributed by atoms with van der Waals surface area (Å²) in [6.45, 7) is 0. The van der Waals surface area contributed by atoms with E-state index in [1.165, 1.54) is 12.1 Å². The van der Waals surface area contributed by atoms with E-state index in [0.29, 0.717) is 16.3 Å². The Kier molecular flexibility index (Phi) is 3.99. The van der Waals surface area contributed by atoms with Gasteiger partial charge in [-0.3, -0.25) is 24.6 Å². The van der Waals surface area contributed by atoms with Crippen molar-refractivity contribution >= 4 is 34.0 Å². The minimum Gasteiger partial charge on any atom is -0.326 e. The highest BCUT2D eigenvalue weighted by atomic mass is 35.5. The molecule has 1 heterocycles. The second-order valence-corrected chi connectivity index (χ2v) is 5.39. The number of halogens is 1. The Hall–Kier alpha value is -2.86. The minimum atomic E-state index is -0.429. The van der Waals surface area contributed by atoms with E-state index in [1.807, 2.05) is 0 Å². The lowest BCUT2D eigenvalue weighted by molar-refractivity contribution is -0.115. The van der Waals surface area contributed by atoms with Crippen molar-refractivity contribution in [3.8, 4) is 0 Å². The molecule has 3 aromatic rings. The first-order valence-electron chi connectivity index (χ1n) is 6.82. The third-order valence-electron chi connectivity index (χ3n) is 3.39. The molecule has 0 unspecified atom stereocenters. The van der Waals surface area contributed by atoms with Crippen molar-refractivity contribution < 1.29 is 4.79 Å². The van der Waals surface area contributed by atoms with Crippen LogP contribution in [-0.2, 0) is 11.2 Å². The summed E-state index contributed by atoms with van der Waals surface area (Å²) in [5.74, 6) is -0.265. The predicted molar refractivity (Wildman–Crippen MR) is 89.0 cm³/mol. The van der Waals surface area contributed by atoms with Crippen molar-refractivity contribution in [1.82, 2.24) is 10.2 Å². The molecular weight excluding hydrogens is 318 g/mol. The van der Waals surface area contributed by atoms with Gasteiger partial charge in [-0.25, -0.2) is 0 Å². The lowest BCUT2D eigenvalue weighted by Gasteiger charge is -2.07. The van der Waals surface area contributed by atoms with E-state index in [0.717, 1.165) is 0 Å². The summed E-state index contributed by atoms with van der Waals surface area (Å²) in [6.07, 6.45) is 0.115. The quantitative estimate of drug-likeness (QED) is 0.686. The number of nitrogens with one attached hydrogen (secondary N) is 3. The number of hydrogen-bond donors (Lipinski definition) is 3. The standard InChI is InChI=1S/C16H12ClN3O3/c17-13-4-2-1-3-9(13)7-14(21)18-10-5-6-11-12(8-10)16(23)20-19-15(11)22/h1-6,8H,7H2,(H,18,21)(H,19,22)(H,20,23). The number of carbonyl (C=O) groups excluding carboxylic acids is 1. The number of carbonyl (C=O) groups is 1. The first-order chi connectivity index (χ1) is 11.0. The molecule has 1 amide bonds. The van der Waals surface area contributed by atoms with Crippen molar-refractivity contribution in [2.75, 3.05) is 5.32 Å². The molecule has 0 atom stereocenters. The van der Waals surface area contributed by atoms with E-state index in [2.05, 4.69) is 15.5 Å². The van der Waals surface area contributed by atoms with Crippen LogP contribution in [-0.4, -0.2) is 16.1 Å². The van der Waals surface area contributed by atoms with Crippen LogP contribution in [0.2, 0.25) is 5.02 Å². The number of benzene rings is 2. The highest BCUT2D eigenvalue weighted by Gasteiger charge is 2.09. The zero-order valence-corrected chi connectivity index (χ0v) is 12.6. The average Bonchev–Trinajstić information content (AvgIpc) is 2.53. The van der Waals surface area contributed by atoms with Crippen molar-refractivity contribution in [1.29, 1.82) is 0 Å². The lowest BCUT2D eigenvalue weighted by atomic mass is 10.1. The van der Waals surface area contributed by atoms with E-state index in [4.69, 9.17) is 11.6 Å². The molecule has 23 heavy (non-hydrogen) atoms. The Morgan fingerprint density at radius 3 is 2.43 bits per heavy atom. The number of aromatic amines is 2. The molecule has 2 aromatic carbocycles. The van der Waals surface area contributed by atoms with Gasteiger partial charge in [-0.2, -0.15) is 0 Å². The third kappa shape index (κ3) is 3.17. The van der Waals surface area contributed by atoms with Gasteiger partial charge in [-0.1, -0.05) is 29.8 Å². The molecule has 0 fully saturated rings. The van der Waals surface area contributed by atoms with Gasteiger partial charge in [-0.15, -0.1) is 0 Å². The van der Waals surface area contributed by atoms with Crippen molar-refractivity contribution in [3.63, 3.8) is 0 Å². The van der Waals surface area contributed by atoms with E-state index >= 15 is 0 Å². The molecule has 0 spiro atoms. The highest BCUT2D eigenvalue weighted by molar-refractivity contribution is 6.31. The van der Waals surface area contributed by atoms with Crippen molar-refractivity contribution in [2.45, 2.75) is 6.42 Å².